The van der Waals surface area contributed by atoms with Crippen molar-refractivity contribution in [1.29, 1.82) is 0 Å². The summed E-state index contributed by atoms with van der Waals surface area (Å²) >= 11 is 0. The van der Waals surface area contributed by atoms with Gasteiger partial charge in [-0.2, -0.15) is 5.10 Å². The first kappa shape index (κ1) is 15.1. The van der Waals surface area contributed by atoms with Crippen molar-refractivity contribution in [2.24, 2.45) is 0 Å². The number of fused-ring (bicyclic) bond motifs is 1. The van der Waals surface area contributed by atoms with Gasteiger partial charge in [0, 0.05) is 24.5 Å². The molecule has 0 aliphatic rings. The molecule has 2 aromatic carbocycles. The molecule has 124 valence electrons. The predicted octanol–water partition coefficient (Wildman–Crippen LogP) is 3.49. The van der Waals surface area contributed by atoms with E-state index in [1.54, 1.807) is 23.0 Å². The molecule has 0 aliphatic carbocycles. The summed E-state index contributed by atoms with van der Waals surface area (Å²) in [5.41, 5.74) is 3.36. The first-order valence-electron chi connectivity index (χ1n) is 8.13. The highest BCUT2D eigenvalue weighted by atomic mass is 16.1. The highest BCUT2D eigenvalue weighted by Crippen LogP contribution is 2.20. The maximum atomic E-state index is 12.6. The van der Waals surface area contributed by atoms with Crippen LogP contribution in [0.25, 0.3) is 16.7 Å². The number of anilines is 1. The summed E-state index contributed by atoms with van der Waals surface area (Å²) in [6, 6.07) is 17.0. The summed E-state index contributed by atoms with van der Waals surface area (Å²) in [5, 5.41) is 7.09. The van der Waals surface area contributed by atoms with Gasteiger partial charge >= 0.3 is 0 Å². The van der Waals surface area contributed by atoms with Crippen LogP contribution in [0, 0.1) is 0 Å². The smallest absolute Gasteiger partial charge is 0.257 e. The van der Waals surface area contributed by atoms with Crippen LogP contribution in [-0.4, -0.2) is 25.2 Å². The monoisotopic (exact) mass is 331 g/mol. The van der Waals surface area contributed by atoms with Crippen molar-refractivity contribution >= 4 is 22.9 Å². The summed E-state index contributed by atoms with van der Waals surface area (Å²) in [6.07, 6.45) is 3.58. The Kier molecular flexibility index (Phi) is 3.78. The number of aromatic nitrogens is 4. The fraction of sp³-hybridized carbons (Fsp3) is 0.105. The molecule has 0 saturated heterocycles. The molecule has 0 unspecified atom stereocenters. The Balaban J connectivity index is 1.60. The number of aryl methyl sites for hydroxylation is 1. The number of imidazole rings is 1. The van der Waals surface area contributed by atoms with Crippen LogP contribution in [0.15, 0.2) is 67.0 Å². The molecule has 4 aromatic rings. The average Bonchev–Trinajstić information content (AvgIpc) is 3.29. The predicted molar refractivity (Wildman–Crippen MR) is 96.9 cm³/mol. The van der Waals surface area contributed by atoms with Gasteiger partial charge in [-0.1, -0.05) is 12.1 Å². The van der Waals surface area contributed by atoms with E-state index in [2.05, 4.69) is 15.4 Å². The lowest BCUT2D eigenvalue weighted by Gasteiger charge is -2.08. The zero-order valence-electron chi connectivity index (χ0n) is 13.8. The number of benzene rings is 2. The van der Waals surface area contributed by atoms with Gasteiger partial charge < -0.3 is 4.57 Å². The van der Waals surface area contributed by atoms with E-state index in [1.807, 2.05) is 60.2 Å². The topological polar surface area (TPSA) is 64.7 Å². The average molecular weight is 331 g/mol. The Bertz CT molecular complexity index is 1020. The van der Waals surface area contributed by atoms with Crippen molar-refractivity contribution < 1.29 is 4.79 Å². The first-order chi connectivity index (χ1) is 12.3. The molecular formula is C19H17N5O. The third-order valence-corrected chi connectivity index (χ3v) is 4.09. The number of hydrogen-bond acceptors (Lipinski definition) is 3. The van der Waals surface area contributed by atoms with Crippen molar-refractivity contribution in [1.82, 2.24) is 19.3 Å². The van der Waals surface area contributed by atoms with E-state index < -0.39 is 0 Å². The van der Waals surface area contributed by atoms with Crippen molar-refractivity contribution in [2.45, 2.75) is 13.5 Å². The lowest BCUT2D eigenvalue weighted by atomic mass is 10.2. The second-order valence-corrected chi connectivity index (χ2v) is 5.62. The number of carbonyl (C=O) groups is 1. The molecule has 1 amide bonds. The van der Waals surface area contributed by atoms with Gasteiger partial charge in [0.2, 0.25) is 5.95 Å². The van der Waals surface area contributed by atoms with Crippen molar-refractivity contribution in [2.75, 3.05) is 5.32 Å². The Morgan fingerprint density at radius 2 is 1.88 bits per heavy atom. The molecule has 0 saturated carbocycles. The molecule has 25 heavy (non-hydrogen) atoms. The zero-order valence-corrected chi connectivity index (χ0v) is 13.8. The van der Waals surface area contributed by atoms with Crippen molar-refractivity contribution in [3.8, 4) is 5.69 Å². The maximum Gasteiger partial charge on any atom is 0.257 e. The minimum atomic E-state index is -0.183. The van der Waals surface area contributed by atoms with Crippen LogP contribution in [0.4, 0.5) is 5.95 Å². The van der Waals surface area contributed by atoms with Gasteiger partial charge in [-0.3, -0.25) is 10.1 Å². The zero-order chi connectivity index (χ0) is 17.2. The largest absolute Gasteiger partial charge is 0.310 e. The molecule has 0 bridgehead atoms. The minimum absolute atomic E-state index is 0.183. The third kappa shape index (κ3) is 2.78. The molecule has 0 fully saturated rings. The first-order valence-corrected chi connectivity index (χ1v) is 8.13. The minimum Gasteiger partial charge on any atom is -0.310 e. The number of amides is 1. The summed E-state index contributed by atoms with van der Waals surface area (Å²) in [5.74, 6) is 0.377. The Hall–Kier alpha value is -3.41. The van der Waals surface area contributed by atoms with Crippen LogP contribution in [-0.2, 0) is 6.54 Å². The number of carbonyl (C=O) groups excluding carboxylic acids is 1. The molecule has 4 rings (SSSR count). The number of rotatable bonds is 4. The van der Waals surface area contributed by atoms with Crippen LogP contribution >= 0.6 is 0 Å². The van der Waals surface area contributed by atoms with Crippen LogP contribution in [0.5, 0.6) is 0 Å². The van der Waals surface area contributed by atoms with Crippen molar-refractivity contribution in [3.05, 3.63) is 72.6 Å². The van der Waals surface area contributed by atoms with E-state index in [4.69, 9.17) is 0 Å². The molecule has 0 spiro atoms. The summed E-state index contributed by atoms with van der Waals surface area (Å²) in [7, 11) is 0. The molecule has 2 aromatic heterocycles. The lowest BCUT2D eigenvalue weighted by molar-refractivity contribution is 0.102. The van der Waals surface area contributed by atoms with Gasteiger partial charge in [-0.15, -0.1) is 0 Å². The van der Waals surface area contributed by atoms with E-state index >= 15 is 0 Å². The second kappa shape index (κ2) is 6.24. The van der Waals surface area contributed by atoms with Gasteiger partial charge in [0.25, 0.3) is 5.91 Å². The fourth-order valence-electron chi connectivity index (χ4n) is 2.85. The normalized spacial score (nSPS) is 10.9. The number of nitrogens with one attached hydrogen (secondary N) is 1. The van der Waals surface area contributed by atoms with Crippen LogP contribution in [0.1, 0.15) is 17.3 Å². The Morgan fingerprint density at radius 3 is 2.60 bits per heavy atom. The summed E-state index contributed by atoms with van der Waals surface area (Å²) in [4.78, 5) is 17.1. The standard InChI is InChI=1S/C19H17N5O/c1-2-23-17-7-4-3-6-16(17)21-19(23)22-18(25)14-8-10-15(11-9-14)24-13-5-12-20-24/h3-13H,2H2,1H3,(H,21,22,25). The van der Waals surface area contributed by atoms with E-state index in [9.17, 15) is 4.79 Å². The molecule has 0 atom stereocenters. The van der Waals surface area contributed by atoms with Crippen LogP contribution < -0.4 is 5.32 Å². The quantitative estimate of drug-likeness (QED) is 0.622. The lowest BCUT2D eigenvalue weighted by Crippen LogP contribution is -2.15. The highest BCUT2D eigenvalue weighted by Gasteiger charge is 2.13. The third-order valence-electron chi connectivity index (χ3n) is 4.09. The highest BCUT2D eigenvalue weighted by molar-refractivity contribution is 6.04. The maximum absolute atomic E-state index is 12.6. The van der Waals surface area contributed by atoms with E-state index in [-0.39, 0.29) is 5.91 Å². The van der Waals surface area contributed by atoms with Crippen LogP contribution in [0.3, 0.4) is 0 Å². The Labute approximate surface area is 144 Å². The molecule has 0 radical (unpaired) electrons. The molecule has 6 heteroatoms. The van der Waals surface area contributed by atoms with Gasteiger partial charge in [0.1, 0.15) is 0 Å². The summed E-state index contributed by atoms with van der Waals surface area (Å²) in [6.45, 7) is 2.76. The fourth-order valence-corrected chi connectivity index (χ4v) is 2.85. The van der Waals surface area contributed by atoms with Gasteiger partial charge in [-0.25, -0.2) is 9.67 Å². The van der Waals surface area contributed by atoms with Gasteiger partial charge in [0.15, 0.2) is 0 Å². The van der Waals surface area contributed by atoms with E-state index in [0.717, 1.165) is 23.3 Å². The van der Waals surface area contributed by atoms with Crippen molar-refractivity contribution in [3.63, 3.8) is 0 Å². The van der Waals surface area contributed by atoms with Gasteiger partial charge in [0.05, 0.1) is 16.7 Å². The number of nitrogens with zero attached hydrogens (tertiary/aromatic N) is 4. The molecule has 0 aliphatic heterocycles. The second-order valence-electron chi connectivity index (χ2n) is 5.62. The van der Waals surface area contributed by atoms with Gasteiger partial charge in [-0.05, 0) is 49.4 Å². The van der Waals surface area contributed by atoms with E-state index in [1.165, 1.54) is 0 Å². The SMILES string of the molecule is CCn1c(NC(=O)c2ccc(-n3cccn3)cc2)nc2ccccc21. The van der Waals surface area contributed by atoms with E-state index in [0.29, 0.717) is 11.5 Å². The number of para-hydroxylation sites is 2. The molecule has 6 nitrogen and oxygen atoms in total. The number of hydrogen-bond donors (Lipinski definition) is 1. The molecule has 1 N–H and O–H groups in total. The Morgan fingerprint density at radius 1 is 1.08 bits per heavy atom. The molecular weight excluding hydrogens is 314 g/mol. The summed E-state index contributed by atoms with van der Waals surface area (Å²) < 4.78 is 3.74. The van der Waals surface area contributed by atoms with Crippen LogP contribution in [0.2, 0.25) is 0 Å². The molecule has 2 heterocycles.